The lowest BCUT2D eigenvalue weighted by Gasteiger charge is -2.25. The van der Waals surface area contributed by atoms with Gasteiger partial charge in [0.05, 0.1) is 0 Å². The Morgan fingerprint density at radius 1 is 1.15 bits per heavy atom. The molecule has 1 aromatic heterocycles. The highest BCUT2D eigenvalue weighted by molar-refractivity contribution is 5.85. The summed E-state index contributed by atoms with van der Waals surface area (Å²) >= 11 is 0. The number of hydrogen-bond donors (Lipinski definition) is 0. The molecule has 1 fully saturated rings. The first kappa shape index (κ1) is 16.8. The number of hydrogen-bond acceptors (Lipinski definition) is 3. The molecule has 0 spiro atoms. The number of carbonyl (C=O) groups is 1. The first-order chi connectivity index (χ1) is 12.8. The monoisotopic (exact) mass is 348 g/mol. The van der Waals surface area contributed by atoms with Crippen LogP contribution in [0.15, 0.2) is 55.1 Å². The standard InChI is InChI=1S/C21H24N4O/c26-21(11-5-12-24-16-22-15-23-24)25-13-4-9-19(25)14-18-8-3-7-17-6-1-2-10-20(17)18/h1-3,6-8,10,15-16,19H,4-5,9,11-14H2. The first-order valence-corrected chi connectivity index (χ1v) is 9.40. The summed E-state index contributed by atoms with van der Waals surface area (Å²) in [5, 5.41) is 6.67. The number of carbonyl (C=O) groups excluding carboxylic acids is 1. The third kappa shape index (κ3) is 3.62. The maximum Gasteiger partial charge on any atom is 0.222 e. The Hall–Kier alpha value is -2.69. The van der Waals surface area contributed by atoms with Crippen LogP contribution in [0.3, 0.4) is 0 Å². The van der Waals surface area contributed by atoms with Gasteiger partial charge in [0.1, 0.15) is 12.7 Å². The molecule has 0 bridgehead atoms. The molecule has 134 valence electrons. The van der Waals surface area contributed by atoms with Gasteiger partial charge in [-0.05, 0) is 42.0 Å². The lowest BCUT2D eigenvalue weighted by atomic mass is 9.97. The third-order valence-electron chi connectivity index (χ3n) is 5.28. The smallest absolute Gasteiger partial charge is 0.222 e. The Balaban J connectivity index is 1.40. The van der Waals surface area contributed by atoms with Crippen molar-refractivity contribution in [2.45, 2.75) is 44.7 Å². The van der Waals surface area contributed by atoms with Gasteiger partial charge in [0.25, 0.3) is 0 Å². The second kappa shape index (κ2) is 7.68. The second-order valence-electron chi connectivity index (χ2n) is 6.99. The molecule has 1 unspecified atom stereocenters. The van der Waals surface area contributed by atoms with Crippen LogP contribution in [0, 0.1) is 0 Å². The quantitative estimate of drug-likeness (QED) is 0.686. The minimum Gasteiger partial charge on any atom is -0.339 e. The van der Waals surface area contributed by atoms with Crippen molar-refractivity contribution in [2.75, 3.05) is 6.54 Å². The summed E-state index contributed by atoms with van der Waals surface area (Å²) < 4.78 is 1.78. The van der Waals surface area contributed by atoms with E-state index in [1.54, 1.807) is 11.0 Å². The predicted molar refractivity (Wildman–Crippen MR) is 102 cm³/mol. The molecule has 0 N–H and O–H groups in total. The number of aryl methyl sites for hydroxylation is 1. The Morgan fingerprint density at radius 2 is 2.04 bits per heavy atom. The van der Waals surface area contributed by atoms with E-state index in [-0.39, 0.29) is 5.91 Å². The van der Waals surface area contributed by atoms with Crippen molar-refractivity contribution in [3.8, 4) is 0 Å². The lowest BCUT2D eigenvalue weighted by molar-refractivity contribution is -0.132. The van der Waals surface area contributed by atoms with Crippen molar-refractivity contribution in [1.29, 1.82) is 0 Å². The molecule has 1 aliphatic rings. The van der Waals surface area contributed by atoms with Gasteiger partial charge >= 0.3 is 0 Å². The molecule has 4 rings (SSSR count). The minimum atomic E-state index is 0.271. The van der Waals surface area contributed by atoms with E-state index in [1.165, 1.54) is 22.7 Å². The number of rotatable bonds is 6. The Labute approximate surface area is 153 Å². The highest BCUT2D eigenvalue weighted by Crippen LogP contribution is 2.26. The van der Waals surface area contributed by atoms with Gasteiger partial charge in [-0.2, -0.15) is 5.10 Å². The van der Waals surface area contributed by atoms with Crippen LogP contribution in [0.1, 0.15) is 31.2 Å². The molecule has 1 aliphatic heterocycles. The van der Waals surface area contributed by atoms with Crippen molar-refractivity contribution in [2.24, 2.45) is 0 Å². The molecular formula is C21H24N4O. The molecule has 0 saturated carbocycles. The van der Waals surface area contributed by atoms with Crippen LogP contribution in [-0.4, -0.2) is 38.2 Å². The third-order valence-corrected chi connectivity index (χ3v) is 5.28. The molecule has 5 heteroatoms. The molecule has 26 heavy (non-hydrogen) atoms. The number of likely N-dealkylation sites (tertiary alicyclic amines) is 1. The Kier molecular flexibility index (Phi) is 4.95. The van der Waals surface area contributed by atoms with Crippen LogP contribution in [0.5, 0.6) is 0 Å². The van der Waals surface area contributed by atoms with Gasteiger partial charge in [0.2, 0.25) is 5.91 Å². The van der Waals surface area contributed by atoms with Crippen molar-refractivity contribution in [3.05, 3.63) is 60.7 Å². The largest absolute Gasteiger partial charge is 0.339 e. The summed E-state index contributed by atoms with van der Waals surface area (Å²) in [7, 11) is 0. The summed E-state index contributed by atoms with van der Waals surface area (Å²) in [6.45, 7) is 1.63. The molecule has 0 radical (unpaired) electrons. The molecule has 2 aromatic carbocycles. The van der Waals surface area contributed by atoms with Crippen molar-refractivity contribution >= 4 is 16.7 Å². The average Bonchev–Trinajstić information content (AvgIpc) is 3.34. The van der Waals surface area contributed by atoms with Gasteiger partial charge in [-0.1, -0.05) is 42.5 Å². The maximum absolute atomic E-state index is 12.7. The fraction of sp³-hybridized carbons (Fsp3) is 0.381. The number of aromatic nitrogens is 3. The van der Waals surface area contributed by atoms with Gasteiger partial charge in [-0.15, -0.1) is 0 Å². The van der Waals surface area contributed by atoms with Gasteiger partial charge in [-0.25, -0.2) is 4.98 Å². The molecular weight excluding hydrogens is 324 g/mol. The van der Waals surface area contributed by atoms with Crippen LogP contribution < -0.4 is 0 Å². The first-order valence-electron chi connectivity index (χ1n) is 9.40. The van der Waals surface area contributed by atoms with Gasteiger partial charge in [-0.3, -0.25) is 9.48 Å². The van der Waals surface area contributed by atoms with Crippen molar-refractivity contribution in [3.63, 3.8) is 0 Å². The number of nitrogens with zero attached hydrogens (tertiary/aromatic N) is 4. The molecule has 1 atom stereocenters. The van der Waals surface area contributed by atoms with Crippen LogP contribution in [0.4, 0.5) is 0 Å². The molecule has 1 saturated heterocycles. The normalized spacial score (nSPS) is 17.1. The summed E-state index contributed by atoms with van der Waals surface area (Å²) in [5.41, 5.74) is 1.34. The van der Waals surface area contributed by atoms with Crippen LogP contribution in [0.2, 0.25) is 0 Å². The summed E-state index contributed by atoms with van der Waals surface area (Å²) in [5.74, 6) is 0.271. The van der Waals surface area contributed by atoms with Gasteiger partial charge in [0, 0.05) is 25.6 Å². The molecule has 5 nitrogen and oxygen atoms in total. The molecule has 2 heterocycles. The predicted octanol–water partition coefficient (Wildman–Crippen LogP) is 3.45. The van der Waals surface area contributed by atoms with Crippen molar-refractivity contribution < 1.29 is 4.79 Å². The number of amides is 1. The summed E-state index contributed by atoms with van der Waals surface area (Å²) in [4.78, 5) is 18.8. The zero-order chi connectivity index (χ0) is 17.8. The Bertz CT molecular complexity index is 869. The van der Waals surface area contributed by atoms with Crippen LogP contribution in [-0.2, 0) is 17.8 Å². The lowest BCUT2D eigenvalue weighted by Crippen LogP contribution is -2.36. The van der Waals surface area contributed by atoms with E-state index < -0.39 is 0 Å². The SMILES string of the molecule is O=C(CCCn1cncn1)N1CCCC1Cc1cccc2ccccc12. The number of fused-ring (bicyclic) bond motifs is 1. The zero-order valence-corrected chi connectivity index (χ0v) is 14.9. The molecule has 1 amide bonds. The number of benzene rings is 2. The maximum atomic E-state index is 12.7. The molecule has 3 aromatic rings. The van der Waals surface area contributed by atoms with E-state index in [1.807, 2.05) is 0 Å². The average molecular weight is 348 g/mol. The van der Waals surface area contributed by atoms with E-state index in [0.717, 1.165) is 38.8 Å². The van der Waals surface area contributed by atoms with E-state index in [0.29, 0.717) is 12.5 Å². The second-order valence-corrected chi connectivity index (χ2v) is 6.99. The van der Waals surface area contributed by atoms with Crippen LogP contribution in [0.25, 0.3) is 10.8 Å². The molecule has 0 aliphatic carbocycles. The van der Waals surface area contributed by atoms with E-state index >= 15 is 0 Å². The zero-order valence-electron chi connectivity index (χ0n) is 14.9. The minimum absolute atomic E-state index is 0.271. The summed E-state index contributed by atoms with van der Waals surface area (Å²) in [6, 6.07) is 15.3. The highest BCUT2D eigenvalue weighted by Gasteiger charge is 2.28. The highest BCUT2D eigenvalue weighted by atomic mass is 16.2. The topological polar surface area (TPSA) is 51.0 Å². The Morgan fingerprint density at radius 3 is 2.92 bits per heavy atom. The van der Waals surface area contributed by atoms with E-state index in [2.05, 4.69) is 57.4 Å². The fourth-order valence-corrected chi connectivity index (χ4v) is 3.98. The van der Waals surface area contributed by atoms with Crippen LogP contribution >= 0.6 is 0 Å². The fourth-order valence-electron chi connectivity index (χ4n) is 3.98. The van der Waals surface area contributed by atoms with Gasteiger partial charge < -0.3 is 4.90 Å². The van der Waals surface area contributed by atoms with Gasteiger partial charge in [0.15, 0.2) is 0 Å². The van der Waals surface area contributed by atoms with Crippen molar-refractivity contribution in [1.82, 2.24) is 19.7 Å². The summed E-state index contributed by atoms with van der Waals surface area (Å²) in [6.07, 6.45) is 7.75. The van der Waals surface area contributed by atoms with E-state index in [9.17, 15) is 4.79 Å². The van der Waals surface area contributed by atoms with E-state index in [4.69, 9.17) is 0 Å².